The predicted molar refractivity (Wildman–Crippen MR) is 76.7 cm³/mol. The highest BCUT2D eigenvalue weighted by Crippen LogP contribution is 2.51. The minimum absolute atomic E-state index is 0.0953. The van der Waals surface area contributed by atoms with Crippen molar-refractivity contribution in [1.29, 1.82) is 0 Å². The van der Waals surface area contributed by atoms with Crippen molar-refractivity contribution < 1.29 is 10.0 Å². The molecule has 0 heterocycles. The van der Waals surface area contributed by atoms with E-state index in [0.717, 1.165) is 27.6 Å². The van der Waals surface area contributed by atoms with Crippen molar-refractivity contribution in [2.75, 3.05) is 0 Å². The van der Waals surface area contributed by atoms with Crippen LogP contribution in [0.1, 0.15) is 0 Å². The van der Waals surface area contributed by atoms with E-state index in [4.69, 9.17) is 0 Å². The molecule has 20 heavy (non-hydrogen) atoms. The van der Waals surface area contributed by atoms with Crippen LogP contribution in [0, 0.1) is 10.1 Å². The third-order valence-electron chi connectivity index (χ3n) is 3.82. The maximum atomic E-state index is 11.2. The number of rotatable bonds is 1. The molecule has 1 aliphatic rings. The summed E-state index contributed by atoms with van der Waals surface area (Å²) in [5.74, 6) is 0.203. The highest BCUT2D eigenvalue weighted by Gasteiger charge is 2.26. The van der Waals surface area contributed by atoms with Gasteiger partial charge in [-0.25, -0.2) is 0 Å². The van der Waals surface area contributed by atoms with Gasteiger partial charge in [0, 0.05) is 17.0 Å². The van der Waals surface area contributed by atoms with E-state index in [1.165, 1.54) is 6.07 Å². The Labute approximate surface area is 114 Å². The molecule has 0 aliphatic heterocycles. The van der Waals surface area contributed by atoms with Gasteiger partial charge in [-0.2, -0.15) is 0 Å². The van der Waals surface area contributed by atoms with Gasteiger partial charge in [-0.05, 0) is 34.9 Å². The molecule has 0 radical (unpaired) electrons. The molecule has 0 fully saturated rings. The van der Waals surface area contributed by atoms with Crippen molar-refractivity contribution in [2.45, 2.75) is 0 Å². The Balaban J connectivity index is 2.24. The molecule has 0 saturated heterocycles. The highest BCUT2D eigenvalue weighted by molar-refractivity contribution is 6.18. The lowest BCUT2D eigenvalue weighted by atomic mass is 10.0. The van der Waals surface area contributed by atoms with Gasteiger partial charge in [-0.15, -0.1) is 0 Å². The van der Waals surface area contributed by atoms with Gasteiger partial charge >= 0.3 is 0 Å². The first-order chi connectivity index (χ1) is 9.68. The van der Waals surface area contributed by atoms with Crippen LogP contribution in [0.25, 0.3) is 33.0 Å². The number of hydrogen-bond acceptors (Lipinski definition) is 3. The summed E-state index contributed by atoms with van der Waals surface area (Å²) in [7, 11) is 0. The Hall–Kier alpha value is -2.88. The summed E-state index contributed by atoms with van der Waals surface area (Å²) >= 11 is 0. The average Bonchev–Trinajstić information content (AvgIpc) is 2.77. The van der Waals surface area contributed by atoms with Crippen LogP contribution in [0.2, 0.25) is 0 Å². The van der Waals surface area contributed by atoms with Crippen molar-refractivity contribution in [3.8, 4) is 28.0 Å². The molecule has 4 rings (SSSR count). The zero-order chi connectivity index (χ0) is 13.9. The minimum Gasteiger partial charge on any atom is -0.507 e. The van der Waals surface area contributed by atoms with Gasteiger partial charge < -0.3 is 5.11 Å². The zero-order valence-corrected chi connectivity index (χ0v) is 10.3. The smallest absolute Gasteiger partial charge is 0.277 e. The van der Waals surface area contributed by atoms with E-state index in [9.17, 15) is 15.2 Å². The van der Waals surface area contributed by atoms with Crippen LogP contribution in [-0.4, -0.2) is 10.0 Å². The molecule has 3 aromatic carbocycles. The van der Waals surface area contributed by atoms with Gasteiger partial charge in [0.2, 0.25) is 0 Å². The summed E-state index contributed by atoms with van der Waals surface area (Å²) in [4.78, 5) is 10.8. The monoisotopic (exact) mass is 263 g/mol. The summed E-state index contributed by atoms with van der Waals surface area (Å²) in [6.07, 6.45) is 0. The third-order valence-corrected chi connectivity index (χ3v) is 3.82. The predicted octanol–water partition coefficient (Wildman–Crippen LogP) is 4.10. The number of non-ortho nitro benzene ring substituents is 1. The van der Waals surface area contributed by atoms with Crippen LogP contribution in [0.3, 0.4) is 0 Å². The molecular weight excluding hydrogens is 254 g/mol. The topological polar surface area (TPSA) is 63.4 Å². The fourth-order valence-electron chi connectivity index (χ4n) is 3.03. The second-order valence-corrected chi connectivity index (χ2v) is 4.82. The Morgan fingerprint density at radius 2 is 1.65 bits per heavy atom. The molecule has 96 valence electrons. The SMILES string of the molecule is O=[N+]([O-])c1ccc2c3c(cccc13)-c1cccc(O)c1-2. The van der Waals surface area contributed by atoms with Crippen molar-refractivity contribution in [3.05, 3.63) is 58.6 Å². The lowest BCUT2D eigenvalue weighted by Crippen LogP contribution is -1.89. The molecule has 4 heteroatoms. The first kappa shape index (κ1) is 11.0. The van der Waals surface area contributed by atoms with Crippen LogP contribution >= 0.6 is 0 Å². The van der Waals surface area contributed by atoms with Crippen LogP contribution in [0.15, 0.2) is 48.5 Å². The summed E-state index contributed by atoms with van der Waals surface area (Å²) in [5.41, 5.74) is 3.57. The van der Waals surface area contributed by atoms with Crippen LogP contribution in [0.4, 0.5) is 5.69 Å². The first-order valence-corrected chi connectivity index (χ1v) is 6.21. The molecule has 0 unspecified atom stereocenters. The van der Waals surface area contributed by atoms with E-state index in [2.05, 4.69) is 0 Å². The second kappa shape index (κ2) is 3.57. The fraction of sp³-hybridized carbons (Fsp3) is 0. The van der Waals surface area contributed by atoms with Gasteiger partial charge in [0.15, 0.2) is 0 Å². The maximum absolute atomic E-state index is 11.2. The Morgan fingerprint density at radius 3 is 2.45 bits per heavy atom. The number of benzene rings is 3. The van der Waals surface area contributed by atoms with Gasteiger partial charge in [0.25, 0.3) is 5.69 Å². The largest absolute Gasteiger partial charge is 0.507 e. The molecule has 0 aromatic heterocycles. The molecule has 0 bridgehead atoms. The van der Waals surface area contributed by atoms with Crippen molar-refractivity contribution in [2.24, 2.45) is 0 Å². The Morgan fingerprint density at radius 1 is 0.900 bits per heavy atom. The molecule has 0 atom stereocenters. The van der Waals surface area contributed by atoms with Crippen molar-refractivity contribution in [3.63, 3.8) is 0 Å². The first-order valence-electron chi connectivity index (χ1n) is 6.21. The molecule has 3 aromatic rings. The van der Waals surface area contributed by atoms with E-state index >= 15 is 0 Å². The summed E-state index contributed by atoms with van der Waals surface area (Å²) in [6, 6.07) is 14.1. The Kier molecular flexibility index (Phi) is 1.96. The highest BCUT2D eigenvalue weighted by atomic mass is 16.6. The van der Waals surface area contributed by atoms with E-state index in [1.54, 1.807) is 24.3 Å². The van der Waals surface area contributed by atoms with Gasteiger partial charge in [-0.1, -0.05) is 24.3 Å². The molecular formula is C16H9NO3. The maximum Gasteiger partial charge on any atom is 0.277 e. The van der Waals surface area contributed by atoms with E-state index < -0.39 is 0 Å². The number of fused-ring (bicyclic) bond motifs is 3. The normalized spacial score (nSPS) is 11.6. The molecule has 4 nitrogen and oxygen atoms in total. The van der Waals surface area contributed by atoms with Crippen LogP contribution < -0.4 is 0 Å². The third kappa shape index (κ3) is 1.20. The van der Waals surface area contributed by atoms with E-state index in [1.807, 2.05) is 18.2 Å². The summed E-state index contributed by atoms with van der Waals surface area (Å²) in [5, 5.41) is 22.7. The van der Waals surface area contributed by atoms with Crippen LogP contribution in [0.5, 0.6) is 5.75 Å². The standard InChI is InChI=1S/C16H9NO3/c18-14-6-2-4-10-9-3-1-5-11-13(17(19)20)8-7-12(15(9)11)16(10)14/h1-8,18H. The van der Waals surface area contributed by atoms with Crippen molar-refractivity contribution >= 4 is 16.5 Å². The van der Waals surface area contributed by atoms with E-state index in [-0.39, 0.29) is 16.4 Å². The number of phenols is 1. The molecule has 0 saturated carbocycles. The molecule has 1 aliphatic carbocycles. The van der Waals surface area contributed by atoms with E-state index in [0.29, 0.717) is 5.39 Å². The zero-order valence-electron chi connectivity index (χ0n) is 10.3. The molecule has 1 N–H and O–H groups in total. The number of nitro benzene ring substituents is 1. The molecule has 0 spiro atoms. The lowest BCUT2D eigenvalue weighted by Gasteiger charge is -2.04. The summed E-state index contributed by atoms with van der Waals surface area (Å²) < 4.78 is 0. The Bertz CT molecular complexity index is 900. The van der Waals surface area contributed by atoms with Gasteiger partial charge in [-0.3, -0.25) is 10.1 Å². The molecule has 0 amide bonds. The number of nitrogens with zero attached hydrogens (tertiary/aromatic N) is 1. The lowest BCUT2D eigenvalue weighted by molar-refractivity contribution is -0.383. The number of nitro groups is 1. The van der Waals surface area contributed by atoms with Crippen molar-refractivity contribution in [1.82, 2.24) is 0 Å². The fourth-order valence-corrected chi connectivity index (χ4v) is 3.03. The minimum atomic E-state index is -0.369. The van der Waals surface area contributed by atoms with Gasteiger partial charge in [0.05, 0.1) is 10.3 Å². The van der Waals surface area contributed by atoms with Crippen LogP contribution in [-0.2, 0) is 0 Å². The second-order valence-electron chi connectivity index (χ2n) is 4.82. The number of hydrogen-bond donors (Lipinski definition) is 1. The van der Waals surface area contributed by atoms with Gasteiger partial charge in [0.1, 0.15) is 5.75 Å². The quantitative estimate of drug-likeness (QED) is 0.415. The average molecular weight is 263 g/mol. The number of phenolic OH excluding ortho intramolecular Hbond substituents is 1. The number of aromatic hydroxyl groups is 1. The summed E-state index contributed by atoms with van der Waals surface area (Å²) in [6.45, 7) is 0.